The molecule has 39 heavy (non-hydrogen) atoms. The van der Waals surface area contributed by atoms with Crippen molar-refractivity contribution < 1.29 is 39.3 Å². The maximum Gasteiger partial charge on any atom is 0.352 e. The van der Waals surface area contributed by atoms with Crippen LogP contribution in [0, 0.1) is 6.92 Å². The SMILES string of the molecule is CON=C(C(=O)N[C@@H]1C(=O)N2C(C(=O)O)=C(CSc3nc(C)c(CC(=O)O)c(O)n3)CS[C@@H]12)c1csc(N)n1. The molecule has 2 aliphatic rings. The van der Waals surface area contributed by atoms with Gasteiger partial charge in [0.05, 0.1) is 6.42 Å². The third-order valence-electron chi connectivity index (χ3n) is 5.57. The van der Waals surface area contributed by atoms with Crippen molar-refractivity contribution >= 4 is 69.5 Å². The molecule has 206 valence electrons. The number of aryl methyl sites for hydroxylation is 1. The number of oxime groups is 1. The zero-order valence-corrected chi connectivity index (χ0v) is 22.7. The zero-order valence-electron chi connectivity index (χ0n) is 20.3. The third-order valence-corrected chi connectivity index (χ3v) is 8.52. The van der Waals surface area contributed by atoms with Gasteiger partial charge < -0.3 is 31.2 Å². The van der Waals surface area contributed by atoms with E-state index in [0.29, 0.717) is 5.57 Å². The molecule has 2 atom stereocenters. The number of rotatable bonds is 10. The highest BCUT2D eigenvalue weighted by atomic mass is 32.2. The molecule has 2 aromatic rings. The molecule has 0 radical (unpaired) electrons. The van der Waals surface area contributed by atoms with Crippen molar-refractivity contribution in [3.8, 4) is 5.88 Å². The number of nitrogens with zero attached hydrogens (tertiary/aromatic N) is 5. The molecule has 0 aliphatic carbocycles. The molecule has 0 spiro atoms. The number of thiazole rings is 1. The van der Waals surface area contributed by atoms with Crippen molar-refractivity contribution in [3.63, 3.8) is 0 Å². The lowest BCUT2D eigenvalue weighted by Crippen LogP contribution is -2.71. The molecule has 1 saturated heterocycles. The van der Waals surface area contributed by atoms with E-state index in [9.17, 15) is 29.4 Å². The highest BCUT2D eigenvalue weighted by molar-refractivity contribution is 8.01. The summed E-state index contributed by atoms with van der Waals surface area (Å²) in [5.41, 5.74) is 6.20. The first-order valence-electron chi connectivity index (χ1n) is 11.0. The van der Waals surface area contributed by atoms with Crippen molar-refractivity contribution in [2.24, 2.45) is 5.16 Å². The number of carbonyl (C=O) groups excluding carboxylic acids is 2. The summed E-state index contributed by atoms with van der Waals surface area (Å²) >= 11 is 3.40. The fourth-order valence-electron chi connectivity index (χ4n) is 3.83. The fraction of sp³-hybridized carbons (Fsp3) is 0.333. The Bertz CT molecular complexity index is 1400. The van der Waals surface area contributed by atoms with Gasteiger partial charge in [0.25, 0.3) is 11.8 Å². The Morgan fingerprint density at radius 2 is 2.05 bits per heavy atom. The number of nitrogens with two attached hydrogens (primary N) is 1. The number of thioether (sulfide) groups is 2. The van der Waals surface area contributed by atoms with Crippen molar-refractivity contribution in [3.05, 3.63) is 33.6 Å². The minimum Gasteiger partial charge on any atom is -0.493 e. The Hall–Kier alpha value is -3.90. The molecular weight excluding hydrogens is 574 g/mol. The smallest absolute Gasteiger partial charge is 0.352 e. The maximum atomic E-state index is 13.0. The first-order chi connectivity index (χ1) is 18.5. The first kappa shape index (κ1) is 28.1. The number of aliphatic carboxylic acids is 2. The fourth-order valence-corrected chi connectivity index (χ4v) is 6.74. The van der Waals surface area contributed by atoms with E-state index in [1.165, 1.54) is 31.2 Å². The number of aromatic hydroxyl groups is 1. The number of aromatic nitrogens is 3. The molecule has 2 aliphatic heterocycles. The molecule has 15 nitrogen and oxygen atoms in total. The van der Waals surface area contributed by atoms with Crippen molar-refractivity contribution in [2.75, 3.05) is 24.3 Å². The van der Waals surface area contributed by atoms with Crippen LogP contribution in [-0.4, -0.2) is 94.7 Å². The molecule has 1 fully saturated rings. The maximum absolute atomic E-state index is 13.0. The van der Waals surface area contributed by atoms with Crippen molar-refractivity contribution in [2.45, 2.75) is 29.9 Å². The number of nitrogen functional groups attached to an aromatic ring is 1. The third kappa shape index (κ3) is 5.76. The summed E-state index contributed by atoms with van der Waals surface area (Å²) in [7, 11) is 1.25. The number of carboxylic acid groups (broad SMARTS) is 2. The van der Waals surface area contributed by atoms with Gasteiger partial charge in [-0.1, -0.05) is 16.9 Å². The Labute approximate surface area is 232 Å². The molecular formula is C21H21N7O8S3. The van der Waals surface area contributed by atoms with E-state index in [-0.39, 0.29) is 50.2 Å². The van der Waals surface area contributed by atoms with Crippen LogP contribution in [0.2, 0.25) is 0 Å². The van der Waals surface area contributed by atoms with Gasteiger partial charge in [0.15, 0.2) is 16.0 Å². The van der Waals surface area contributed by atoms with Crippen LogP contribution < -0.4 is 11.1 Å². The molecule has 2 aromatic heterocycles. The molecule has 18 heteroatoms. The van der Waals surface area contributed by atoms with Gasteiger partial charge in [0.1, 0.15) is 29.9 Å². The van der Waals surface area contributed by atoms with Crippen molar-refractivity contribution in [1.82, 2.24) is 25.2 Å². The van der Waals surface area contributed by atoms with Crippen LogP contribution >= 0.6 is 34.9 Å². The van der Waals surface area contributed by atoms with E-state index < -0.39 is 47.5 Å². The summed E-state index contributed by atoms with van der Waals surface area (Å²) in [4.78, 5) is 66.9. The summed E-state index contributed by atoms with van der Waals surface area (Å²) in [6.07, 6.45) is -0.444. The number of hydrogen-bond donors (Lipinski definition) is 5. The van der Waals surface area contributed by atoms with E-state index in [1.807, 2.05) is 0 Å². The first-order valence-corrected chi connectivity index (χ1v) is 13.9. The van der Waals surface area contributed by atoms with Crippen LogP contribution in [0.5, 0.6) is 5.88 Å². The van der Waals surface area contributed by atoms with E-state index in [0.717, 1.165) is 28.0 Å². The van der Waals surface area contributed by atoms with E-state index >= 15 is 0 Å². The summed E-state index contributed by atoms with van der Waals surface area (Å²) in [5.74, 6) is -3.95. The lowest BCUT2D eigenvalue weighted by atomic mass is 10.0. The van der Waals surface area contributed by atoms with Gasteiger partial charge in [-0.25, -0.2) is 14.8 Å². The number of hydrogen-bond acceptors (Lipinski definition) is 14. The molecule has 0 saturated carbocycles. The zero-order chi connectivity index (χ0) is 28.4. The van der Waals surface area contributed by atoms with Gasteiger partial charge in [-0.3, -0.25) is 19.3 Å². The molecule has 4 rings (SSSR count). The predicted molar refractivity (Wildman–Crippen MR) is 140 cm³/mol. The summed E-state index contributed by atoms with van der Waals surface area (Å²) in [5, 5.41) is 36.4. The topological polar surface area (TPSA) is 231 Å². The Morgan fingerprint density at radius 3 is 2.64 bits per heavy atom. The second kappa shape index (κ2) is 11.5. The van der Waals surface area contributed by atoms with E-state index in [4.69, 9.17) is 15.7 Å². The number of carboxylic acids is 2. The quantitative estimate of drug-likeness (QED) is 0.0803. The van der Waals surface area contributed by atoms with Crippen molar-refractivity contribution in [1.29, 1.82) is 0 Å². The minimum absolute atomic E-state index is 0.0876. The largest absolute Gasteiger partial charge is 0.493 e. The van der Waals surface area contributed by atoms with Crippen LogP contribution in [0.15, 0.2) is 27.0 Å². The Kier molecular flexibility index (Phi) is 8.26. The summed E-state index contributed by atoms with van der Waals surface area (Å²) < 4.78 is 0. The van der Waals surface area contributed by atoms with Gasteiger partial charge in [0.2, 0.25) is 5.88 Å². The standard InChI is InChI=1S/C21H21N7O8S3/c1-7-9(3-11(29)30)15(31)26-21(23-7)39-5-8-4-37-18-13(17(33)28(18)14(8)19(34)35)25-16(32)12(27-36-2)10-6-38-20(22)24-10/h6,13,18H,3-5H2,1-2H3,(H2,22,24)(H,25,32)(H,29,30)(H,34,35)(H,23,26,31)/t13-,18+/m1/s1. The number of fused-ring (bicyclic) bond motifs is 1. The molecule has 2 amide bonds. The molecule has 6 N–H and O–H groups in total. The number of anilines is 1. The number of amides is 2. The second-order valence-corrected chi connectivity index (χ2v) is 11.0. The van der Waals surface area contributed by atoms with E-state index in [1.54, 1.807) is 0 Å². The Morgan fingerprint density at radius 1 is 1.31 bits per heavy atom. The highest BCUT2D eigenvalue weighted by Gasteiger charge is 2.54. The molecule has 0 unspecified atom stereocenters. The van der Waals surface area contributed by atoms with Gasteiger partial charge in [0, 0.05) is 28.1 Å². The average molecular weight is 596 g/mol. The number of β-lactam (4-membered cyclic amide) rings is 1. The van der Waals surface area contributed by atoms with Gasteiger partial charge in [-0.05, 0) is 12.5 Å². The number of nitrogens with one attached hydrogen (secondary N) is 1. The second-order valence-electron chi connectivity index (χ2n) is 8.06. The van der Waals surface area contributed by atoms with Crippen LogP contribution in [-0.2, 0) is 30.4 Å². The molecule has 4 heterocycles. The van der Waals surface area contributed by atoms with Gasteiger partial charge >= 0.3 is 11.9 Å². The number of carbonyl (C=O) groups is 4. The van der Waals surface area contributed by atoms with Crippen LogP contribution in [0.25, 0.3) is 0 Å². The Balaban J connectivity index is 1.48. The highest BCUT2D eigenvalue weighted by Crippen LogP contribution is 2.41. The van der Waals surface area contributed by atoms with Gasteiger partial charge in [-0.15, -0.1) is 23.1 Å². The monoisotopic (exact) mass is 595 g/mol. The summed E-state index contributed by atoms with van der Waals surface area (Å²) in [6.45, 7) is 1.53. The normalized spacial score (nSPS) is 18.9. The van der Waals surface area contributed by atoms with Crippen LogP contribution in [0.1, 0.15) is 17.0 Å². The van der Waals surface area contributed by atoms with E-state index in [2.05, 4.69) is 25.4 Å². The average Bonchev–Trinajstić information content (AvgIpc) is 3.31. The molecule has 0 bridgehead atoms. The molecule has 0 aromatic carbocycles. The van der Waals surface area contributed by atoms with Crippen LogP contribution in [0.4, 0.5) is 5.13 Å². The predicted octanol–water partition coefficient (Wildman–Crippen LogP) is 0.0378. The van der Waals surface area contributed by atoms with Gasteiger partial charge in [-0.2, -0.15) is 4.98 Å². The summed E-state index contributed by atoms with van der Waals surface area (Å²) in [6, 6.07) is -1.01. The lowest BCUT2D eigenvalue weighted by molar-refractivity contribution is -0.150. The lowest BCUT2D eigenvalue weighted by Gasteiger charge is -2.49. The minimum atomic E-state index is -1.31. The van der Waals surface area contributed by atoms with Crippen LogP contribution in [0.3, 0.4) is 0 Å².